The molecule has 146 valence electrons. The lowest BCUT2D eigenvalue weighted by Gasteiger charge is -2.22. The van der Waals surface area contributed by atoms with Crippen LogP contribution in [0.25, 0.3) is 0 Å². The number of thioether (sulfide) groups is 1. The van der Waals surface area contributed by atoms with Crippen molar-refractivity contribution < 1.29 is 13.2 Å². The van der Waals surface area contributed by atoms with Gasteiger partial charge in [0.05, 0.1) is 28.0 Å². The third-order valence-corrected chi connectivity index (χ3v) is 8.28. The summed E-state index contributed by atoms with van der Waals surface area (Å²) in [5, 5.41) is 5.65. The van der Waals surface area contributed by atoms with Gasteiger partial charge in [0.1, 0.15) is 6.04 Å². The predicted molar refractivity (Wildman–Crippen MR) is 109 cm³/mol. The van der Waals surface area contributed by atoms with Crippen LogP contribution in [0.5, 0.6) is 0 Å². The molecule has 1 saturated heterocycles. The van der Waals surface area contributed by atoms with Crippen LogP contribution in [0.15, 0.2) is 34.5 Å². The van der Waals surface area contributed by atoms with Crippen LogP contribution in [-0.4, -0.2) is 41.3 Å². The van der Waals surface area contributed by atoms with Crippen molar-refractivity contribution in [3.63, 3.8) is 0 Å². The molecule has 2 aromatic rings. The molecule has 1 unspecified atom stereocenters. The molecule has 1 atom stereocenters. The summed E-state index contributed by atoms with van der Waals surface area (Å²) in [5.74, 6) is 0.776. The van der Waals surface area contributed by atoms with Crippen LogP contribution in [0, 0.1) is 6.92 Å². The molecule has 0 spiro atoms. The molecule has 1 amide bonds. The standard InChI is InChI=1S/C18H23N3O3S3/c1-12(2)14-4-6-16(7-5-14)27(23,24)21-11-25-10-17(21)18(22)19-8-15-9-26-13(3)20-15/h4-7,9,12,17H,8,10-11H2,1-3H3,(H,19,22). The molecule has 1 aromatic carbocycles. The summed E-state index contributed by atoms with van der Waals surface area (Å²) >= 11 is 2.97. The second-order valence-electron chi connectivity index (χ2n) is 6.71. The highest BCUT2D eigenvalue weighted by Gasteiger charge is 2.39. The van der Waals surface area contributed by atoms with Crippen LogP contribution in [0.1, 0.15) is 36.0 Å². The SMILES string of the molecule is Cc1nc(CNC(=O)C2CSCN2S(=O)(=O)c2ccc(C(C)C)cc2)cs1. The molecular formula is C18H23N3O3S3. The summed E-state index contributed by atoms with van der Waals surface area (Å²) < 4.78 is 27.4. The Morgan fingerprint density at radius 3 is 2.63 bits per heavy atom. The maximum Gasteiger partial charge on any atom is 0.244 e. The van der Waals surface area contributed by atoms with Gasteiger partial charge in [-0.15, -0.1) is 23.1 Å². The number of hydrogen-bond acceptors (Lipinski definition) is 6. The number of sulfonamides is 1. The molecule has 27 heavy (non-hydrogen) atoms. The van der Waals surface area contributed by atoms with Gasteiger partial charge < -0.3 is 5.32 Å². The van der Waals surface area contributed by atoms with Crippen LogP contribution in [0.3, 0.4) is 0 Å². The van der Waals surface area contributed by atoms with E-state index in [4.69, 9.17) is 0 Å². The van der Waals surface area contributed by atoms with Crippen LogP contribution >= 0.6 is 23.1 Å². The number of rotatable bonds is 6. The minimum atomic E-state index is -3.72. The molecule has 1 fully saturated rings. The molecule has 0 bridgehead atoms. The van der Waals surface area contributed by atoms with E-state index in [2.05, 4.69) is 24.1 Å². The Hall–Kier alpha value is -1.42. The smallest absolute Gasteiger partial charge is 0.244 e. The monoisotopic (exact) mass is 425 g/mol. The molecule has 1 N–H and O–H groups in total. The molecule has 0 saturated carbocycles. The zero-order chi connectivity index (χ0) is 19.6. The van der Waals surface area contributed by atoms with Crippen molar-refractivity contribution in [1.82, 2.24) is 14.6 Å². The Bertz CT molecular complexity index is 907. The number of carbonyl (C=O) groups excluding carboxylic acids is 1. The van der Waals surface area contributed by atoms with E-state index in [1.807, 2.05) is 24.4 Å². The first-order valence-corrected chi connectivity index (χ1v) is 12.1. The van der Waals surface area contributed by atoms with E-state index in [0.717, 1.165) is 16.3 Å². The molecule has 1 aliphatic heterocycles. The Morgan fingerprint density at radius 1 is 1.33 bits per heavy atom. The van der Waals surface area contributed by atoms with Gasteiger partial charge in [0, 0.05) is 11.1 Å². The highest BCUT2D eigenvalue weighted by molar-refractivity contribution is 8.00. The average molecular weight is 426 g/mol. The van der Waals surface area contributed by atoms with Gasteiger partial charge in [-0.25, -0.2) is 13.4 Å². The Morgan fingerprint density at radius 2 is 2.04 bits per heavy atom. The third-order valence-electron chi connectivity index (χ3n) is 4.41. The quantitative estimate of drug-likeness (QED) is 0.770. The first-order valence-electron chi connectivity index (χ1n) is 8.67. The number of nitrogens with one attached hydrogen (secondary N) is 1. The fraction of sp³-hybridized carbons (Fsp3) is 0.444. The van der Waals surface area contributed by atoms with Crippen LogP contribution in [-0.2, 0) is 21.4 Å². The highest BCUT2D eigenvalue weighted by Crippen LogP contribution is 2.29. The molecule has 0 aliphatic carbocycles. The van der Waals surface area contributed by atoms with Gasteiger partial charge in [-0.1, -0.05) is 26.0 Å². The molecule has 2 heterocycles. The lowest BCUT2D eigenvalue weighted by Crippen LogP contribution is -2.46. The molecule has 3 rings (SSSR count). The van der Waals surface area contributed by atoms with Crippen molar-refractivity contribution >= 4 is 39.0 Å². The first-order chi connectivity index (χ1) is 12.8. The minimum Gasteiger partial charge on any atom is -0.349 e. The number of thiazole rings is 1. The molecule has 6 nitrogen and oxygen atoms in total. The number of nitrogens with zero attached hydrogens (tertiary/aromatic N) is 2. The molecule has 1 aromatic heterocycles. The first kappa shape index (κ1) is 20.3. The number of carbonyl (C=O) groups is 1. The summed E-state index contributed by atoms with van der Waals surface area (Å²) in [6.07, 6.45) is 0. The molecule has 1 aliphatic rings. The Labute approximate surface area is 168 Å². The Balaban J connectivity index is 1.72. The number of aromatic nitrogens is 1. The second-order valence-corrected chi connectivity index (χ2v) is 10.7. The predicted octanol–water partition coefficient (Wildman–Crippen LogP) is 2.95. The fourth-order valence-electron chi connectivity index (χ4n) is 2.82. The molecular weight excluding hydrogens is 402 g/mol. The van der Waals surface area contributed by atoms with Crippen molar-refractivity contribution in [2.75, 3.05) is 11.6 Å². The highest BCUT2D eigenvalue weighted by atomic mass is 32.2. The second kappa shape index (κ2) is 8.30. The van der Waals surface area contributed by atoms with E-state index < -0.39 is 16.1 Å². The largest absolute Gasteiger partial charge is 0.349 e. The zero-order valence-corrected chi connectivity index (χ0v) is 18.0. The maximum atomic E-state index is 13.0. The topological polar surface area (TPSA) is 79.4 Å². The van der Waals surface area contributed by atoms with Crippen LogP contribution in [0.4, 0.5) is 0 Å². The van der Waals surface area contributed by atoms with Crippen molar-refractivity contribution in [1.29, 1.82) is 0 Å². The number of amides is 1. The van der Waals surface area contributed by atoms with Gasteiger partial charge >= 0.3 is 0 Å². The molecule has 0 radical (unpaired) electrons. The van der Waals surface area contributed by atoms with Crippen molar-refractivity contribution in [3.8, 4) is 0 Å². The van der Waals surface area contributed by atoms with Crippen LogP contribution < -0.4 is 5.32 Å². The van der Waals surface area contributed by atoms with E-state index in [1.54, 1.807) is 12.1 Å². The number of aryl methyl sites for hydroxylation is 1. The molecule has 9 heteroatoms. The van der Waals surface area contributed by atoms with Gasteiger partial charge in [0.25, 0.3) is 0 Å². The van der Waals surface area contributed by atoms with E-state index in [-0.39, 0.29) is 16.7 Å². The van der Waals surface area contributed by atoms with E-state index in [9.17, 15) is 13.2 Å². The number of hydrogen-bond donors (Lipinski definition) is 1. The van der Waals surface area contributed by atoms with Gasteiger partial charge in [0.15, 0.2) is 0 Å². The summed E-state index contributed by atoms with van der Waals surface area (Å²) in [4.78, 5) is 17.1. The van der Waals surface area contributed by atoms with E-state index >= 15 is 0 Å². The van der Waals surface area contributed by atoms with E-state index in [1.165, 1.54) is 27.4 Å². The number of benzene rings is 1. The summed E-state index contributed by atoms with van der Waals surface area (Å²) in [5.41, 5.74) is 1.87. The zero-order valence-electron chi connectivity index (χ0n) is 15.5. The van der Waals surface area contributed by atoms with Crippen molar-refractivity contribution in [2.24, 2.45) is 0 Å². The summed E-state index contributed by atoms with van der Waals surface area (Å²) in [6.45, 7) is 6.33. The van der Waals surface area contributed by atoms with Gasteiger partial charge in [0.2, 0.25) is 15.9 Å². The maximum absolute atomic E-state index is 13.0. The Kier molecular flexibility index (Phi) is 6.25. The average Bonchev–Trinajstić information content (AvgIpc) is 3.29. The summed E-state index contributed by atoms with van der Waals surface area (Å²) in [6, 6.07) is 6.21. The minimum absolute atomic E-state index is 0.224. The van der Waals surface area contributed by atoms with Crippen LogP contribution in [0.2, 0.25) is 0 Å². The van der Waals surface area contributed by atoms with Gasteiger partial charge in [-0.05, 0) is 30.5 Å². The lowest BCUT2D eigenvalue weighted by molar-refractivity contribution is -0.124. The van der Waals surface area contributed by atoms with Gasteiger partial charge in [-0.2, -0.15) is 4.31 Å². The van der Waals surface area contributed by atoms with Crippen molar-refractivity contribution in [2.45, 2.75) is 44.2 Å². The normalized spacial score (nSPS) is 18.1. The lowest BCUT2D eigenvalue weighted by atomic mass is 10.0. The van der Waals surface area contributed by atoms with Crippen molar-refractivity contribution in [3.05, 3.63) is 45.9 Å². The fourth-order valence-corrected chi connectivity index (χ4v) is 6.58. The van der Waals surface area contributed by atoms with Gasteiger partial charge in [-0.3, -0.25) is 4.79 Å². The summed E-state index contributed by atoms with van der Waals surface area (Å²) in [7, 11) is -3.72. The third kappa shape index (κ3) is 4.53. The van der Waals surface area contributed by atoms with E-state index in [0.29, 0.717) is 18.2 Å².